The average Bonchev–Trinajstić information content (AvgIpc) is 2.97. The Labute approximate surface area is 237 Å². The van der Waals surface area contributed by atoms with E-state index in [-0.39, 0.29) is 34.7 Å². The maximum Gasteiger partial charge on any atom is 0.251 e. The van der Waals surface area contributed by atoms with Crippen LogP contribution in [0.15, 0.2) is 66.7 Å². The molecule has 41 heavy (non-hydrogen) atoms. The van der Waals surface area contributed by atoms with Gasteiger partial charge in [-0.25, -0.2) is 18.7 Å². The summed E-state index contributed by atoms with van der Waals surface area (Å²) in [6, 6.07) is 17.3. The highest BCUT2D eigenvalue weighted by atomic mass is 19.1. The highest BCUT2D eigenvalue weighted by molar-refractivity contribution is 5.95. The molecule has 4 aromatic rings. The Morgan fingerprint density at radius 3 is 2.51 bits per heavy atom. The van der Waals surface area contributed by atoms with Gasteiger partial charge in [0.05, 0.1) is 17.8 Å². The van der Waals surface area contributed by atoms with Crippen LogP contribution in [0.4, 0.5) is 14.7 Å². The number of hydroxylamine groups is 2. The van der Waals surface area contributed by atoms with E-state index >= 15 is 0 Å². The molecule has 3 aromatic carbocycles. The van der Waals surface area contributed by atoms with Crippen molar-refractivity contribution in [2.45, 2.75) is 25.9 Å². The molecule has 10 heteroatoms. The number of aromatic nitrogens is 2. The fourth-order valence-corrected chi connectivity index (χ4v) is 5.12. The number of carbonyl (C=O) groups excluding carboxylic acids is 1. The summed E-state index contributed by atoms with van der Waals surface area (Å²) < 4.78 is 29.9. The van der Waals surface area contributed by atoms with Gasteiger partial charge in [0, 0.05) is 42.7 Å². The van der Waals surface area contributed by atoms with Crippen molar-refractivity contribution in [3.05, 3.63) is 117 Å². The molecule has 4 N–H and O–H groups in total. The molecule has 0 spiro atoms. The number of rotatable bonds is 9. The molecule has 1 aliphatic heterocycles. The molecule has 8 nitrogen and oxygen atoms in total. The molecule has 0 saturated carbocycles. The van der Waals surface area contributed by atoms with Crippen molar-refractivity contribution < 1.29 is 18.6 Å². The van der Waals surface area contributed by atoms with E-state index in [1.54, 1.807) is 12.1 Å². The first-order chi connectivity index (χ1) is 19.9. The van der Waals surface area contributed by atoms with Crippen molar-refractivity contribution in [2.24, 2.45) is 0 Å². The van der Waals surface area contributed by atoms with Crippen LogP contribution in [0.3, 0.4) is 0 Å². The number of likely N-dealkylation sites (N-methyl/N-ethyl adjacent to an activating group) is 1. The van der Waals surface area contributed by atoms with E-state index in [4.69, 9.17) is 4.98 Å². The summed E-state index contributed by atoms with van der Waals surface area (Å²) in [7, 11) is 1.81. The van der Waals surface area contributed by atoms with E-state index < -0.39 is 17.7 Å². The molecule has 1 aromatic heterocycles. The van der Waals surface area contributed by atoms with E-state index in [0.717, 1.165) is 23.3 Å². The molecule has 0 bridgehead atoms. The normalized spacial score (nSPS) is 16.2. The number of aryl methyl sites for hydroxylation is 1. The lowest BCUT2D eigenvalue weighted by Crippen LogP contribution is -3.09. The number of nitrogens with zero attached hydrogens (tertiary/aromatic N) is 2. The highest BCUT2D eigenvalue weighted by Crippen LogP contribution is 2.35. The fourth-order valence-electron chi connectivity index (χ4n) is 5.12. The fraction of sp³-hybridized carbons (Fsp3) is 0.258. The molecule has 2 atom stereocenters. The number of hydrogen-bond acceptors (Lipinski definition) is 6. The van der Waals surface area contributed by atoms with Crippen LogP contribution >= 0.6 is 0 Å². The van der Waals surface area contributed by atoms with Gasteiger partial charge in [0.2, 0.25) is 5.95 Å². The largest absolute Gasteiger partial charge is 0.634 e. The number of benzene rings is 3. The molecule has 0 radical (unpaired) electrons. The third-order valence-electron chi connectivity index (χ3n) is 7.25. The predicted octanol–water partition coefficient (Wildman–Crippen LogP) is 3.32. The van der Waals surface area contributed by atoms with Crippen LogP contribution in [-0.2, 0) is 13.0 Å². The molecule has 0 aliphatic carbocycles. The van der Waals surface area contributed by atoms with Gasteiger partial charge >= 0.3 is 0 Å². The van der Waals surface area contributed by atoms with E-state index in [0.29, 0.717) is 48.4 Å². The van der Waals surface area contributed by atoms with Crippen LogP contribution in [-0.4, -0.2) is 42.6 Å². The van der Waals surface area contributed by atoms with E-state index in [1.807, 2.05) is 50.4 Å². The van der Waals surface area contributed by atoms with Gasteiger partial charge in [0.15, 0.2) is 6.04 Å². The van der Waals surface area contributed by atoms with Gasteiger partial charge in [-0.1, -0.05) is 42.5 Å². The molecular weight excluding hydrogens is 526 g/mol. The Hall–Kier alpha value is -4.25. The lowest BCUT2D eigenvalue weighted by atomic mass is 9.89. The third kappa shape index (κ3) is 6.09. The van der Waals surface area contributed by atoms with Crippen molar-refractivity contribution >= 4 is 11.9 Å². The number of quaternary nitrogens is 1. The minimum atomic E-state index is -1.20. The summed E-state index contributed by atoms with van der Waals surface area (Å²) in [4.78, 5) is 22.5. The minimum Gasteiger partial charge on any atom is -0.634 e. The maximum atomic E-state index is 15.0. The third-order valence-corrected chi connectivity index (χ3v) is 7.25. The van der Waals surface area contributed by atoms with Gasteiger partial charge in [-0.05, 0) is 49.4 Å². The molecule has 212 valence electrons. The highest BCUT2D eigenvalue weighted by Gasteiger charge is 2.36. The van der Waals surface area contributed by atoms with Gasteiger partial charge in [-0.3, -0.25) is 4.79 Å². The number of fused-ring (bicyclic) bond motifs is 1. The molecule has 2 unspecified atom stereocenters. The van der Waals surface area contributed by atoms with Gasteiger partial charge in [-0.15, -0.1) is 0 Å². The lowest BCUT2D eigenvalue weighted by Gasteiger charge is -2.37. The van der Waals surface area contributed by atoms with E-state index in [1.165, 1.54) is 6.07 Å². The maximum absolute atomic E-state index is 15.0. The number of hydrogen-bond donors (Lipinski definition) is 4. The molecule has 2 heterocycles. The topological polar surface area (TPSA) is 106 Å². The number of amides is 1. The van der Waals surface area contributed by atoms with Gasteiger partial charge in [0.25, 0.3) is 5.91 Å². The first-order valence-corrected chi connectivity index (χ1v) is 13.6. The molecule has 0 fully saturated rings. The van der Waals surface area contributed by atoms with Crippen molar-refractivity contribution in [3.8, 4) is 11.3 Å². The number of anilines is 1. The average molecular weight is 559 g/mol. The smallest absolute Gasteiger partial charge is 0.251 e. The Morgan fingerprint density at radius 2 is 1.78 bits per heavy atom. The van der Waals surface area contributed by atoms with Crippen LogP contribution in [0.25, 0.3) is 11.3 Å². The second kappa shape index (κ2) is 12.5. The van der Waals surface area contributed by atoms with Crippen LogP contribution in [0.2, 0.25) is 0 Å². The summed E-state index contributed by atoms with van der Waals surface area (Å²) in [6.45, 7) is 3.48. The summed E-state index contributed by atoms with van der Waals surface area (Å²) in [5, 5.41) is 22.0. The lowest BCUT2D eigenvalue weighted by molar-refractivity contribution is -0.878. The Bertz CT molecular complexity index is 1530. The van der Waals surface area contributed by atoms with Crippen LogP contribution in [0.1, 0.15) is 44.3 Å². The van der Waals surface area contributed by atoms with Gasteiger partial charge < -0.3 is 26.2 Å². The summed E-state index contributed by atoms with van der Waals surface area (Å²) >= 11 is 0. The van der Waals surface area contributed by atoms with Crippen molar-refractivity contribution in [1.82, 2.24) is 20.6 Å². The Morgan fingerprint density at radius 1 is 1.02 bits per heavy atom. The van der Waals surface area contributed by atoms with Gasteiger partial charge in [0.1, 0.15) is 17.3 Å². The monoisotopic (exact) mass is 558 g/mol. The molecule has 1 aliphatic rings. The Balaban J connectivity index is 1.59. The first kappa shape index (κ1) is 28.3. The quantitative estimate of drug-likeness (QED) is 0.186. The first-order valence-electron chi connectivity index (χ1n) is 13.6. The summed E-state index contributed by atoms with van der Waals surface area (Å²) in [5.74, 6) is -1.60. The standard InChI is InChI=1S/C31H32F2N6O2/c1-19-11-12-21(30(40)36-18-20-7-4-3-5-8-20)17-23(19)27-22-13-16-39(41)29(26-24(32)9-6-10-25(26)33)28(22)38-31(37-27)35-15-14-34-2/h3-12,17,29,34,39H,13-16,18H2,1-2H3,(H,36,40)(H,35,37,38). The number of carbonyl (C=O) groups is 1. The predicted molar refractivity (Wildman–Crippen MR) is 153 cm³/mol. The van der Waals surface area contributed by atoms with Gasteiger partial charge in [-0.2, -0.15) is 0 Å². The summed E-state index contributed by atoms with van der Waals surface area (Å²) in [6.07, 6.45) is 0.316. The van der Waals surface area contributed by atoms with Crippen molar-refractivity contribution in [1.29, 1.82) is 0 Å². The number of halogens is 2. The molecular formula is C31H32F2N6O2. The van der Waals surface area contributed by atoms with E-state index in [2.05, 4.69) is 20.9 Å². The summed E-state index contributed by atoms with van der Waals surface area (Å²) in [5.41, 5.74) is 4.11. The van der Waals surface area contributed by atoms with Crippen molar-refractivity contribution in [3.63, 3.8) is 0 Å². The second-order valence-electron chi connectivity index (χ2n) is 10.0. The second-order valence-corrected chi connectivity index (χ2v) is 10.0. The minimum absolute atomic E-state index is 0.0879. The molecule has 1 amide bonds. The van der Waals surface area contributed by atoms with Crippen LogP contribution in [0.5, 0.6) is 0 Å². The zero-order chi connectivity index (χ0) is 28.9. The Kier molecular flexibility index (Phi) is 8.63. The zero-order valence-electron chi connectivity index (χ0n) is 22.9. The SMILES string of the molecule is CNCCNc1nc(-c2cc(C(=O)NCc3ccccc3)ccc2C)c2c(n1)C(c1c(F)cccc1F)[NH+]([O-])CC2. The molecule has 5 rings (SSSR count). The van der Waals surface area contributed by atoms with E-state index in [9.17, 15) is 18.8 Å². The zero-order valence-corrected chi connectivity index (χ0v) is 22.9. The van der Waals surface area contributed by atoms with Crippen LogP contribution in [0, 0.1) is 23.8 Å². The molecule has 0 saturated heterocycles. The number of nitrogens with one attached hydrogen (secondary N) is 4. The van der Waals surface area contributed by atoms with Crippen molar-refractivity contribution in [2.75, 3.05) is 32.0 Å². The van der Waals surface area contributed by atoms with Crippen LogP contribution < -0.4 is 21.0 Å².